The van der Waals surface area contributed by atoms with Crippen molar-refractivity contribution in [3.8, 4) is 5.75 Å². The summed E-state index contributed by atoms with van der Waals surface area (Å²) in [4.78, 5) is 0. The number of benzene rings is 4. The third kappa shape index (κ3) is 3.47. The topological polar surface area (TPSA) is 9.23 Å². The summed E-state index contributed by atoms with van der Waals surface area (Å²) in [7, 11) is 1.49. The van der Waals surface area contributed by atoms with Crippen molar-refractivity contribution in [3.05, 3.63) is 121 Å². The van der Waals surface area contributed by atoms with Gasteiger partial charge in [0.2, 0.25) is 0 Å². The molecule has 152 valence electrons. The van der Waals surface area contributed by atoms with E-state index in [9.17, 15) is 4.39 Å². The molecule has 0 spiro atoms. The molecule has 30 heavy (non-hydrogen) atoms. The Morgan fingerprint density at radius 3 is 1.50 bits per heavy atom. The van der Waals surface area contributed by atoms with E-state index in [4.69, 9.17) is 4.74 Å². The van der Waals surface area contributed by atoms with E-state index < -0.39 is 5.31 Å². The van der Waals surface area contributed by atoms with Crippen LogP contribution < -0.4 is 20.7 Å². The van der Waals surface area contributed by atoms with Gasteiger partial charge in [-0.1, -0.05) is 0 Å². The first-order valence-corrected chi connectivity index (χ1v) is 14.2. The molecule has 1 nitrogen and oxygen atoms in total. The standard InChI is InChI=1S/C26H23BrFOP/c1-29-26-18-17-21(19-25(26)28)20-30(27,22-11-5-2-6-12-22,23-13-7-3-8-14-23)24-15-9-4-10-16-24/h2-19H,20H2,1H3. The average Bonchev–Trinajstić information content (AvgIpc) is 2.81. The van der Waals surface area contributed by atoms with Crippen LogP contribution in [-0.2, 0) is 6.16 Å². The molecule has 0 amide bonds. The summed E-state index contributed by atoms with van der Waals surface area (Å²) in [6, 6.07) is 36.8. The molecular formula is C26H23BrFOP. The predicted molar refractivity (Wildman–Crippen MR) is 131 cm³/mol. The molecule has 0 bridgehead atoms. The van der Waals surface area contributed by atoms with Gasteiger partial charge in [0.1, 0.15) is 0 Å². The first kappa shape index (κ1) is 20.8. The van der Waals surface area contributed by atoms with Gasteiger partial charge in [0, 0.05) is 0 Å². The molecule has 0 aliphatic rings. The Morgan fingerprint density at radius 1 is 0.700 bits per heavy atom. The Kier molecular flexibility index (Phi) is 5.77. The molecule has 0 saturated carbocycles. The number of methoxy groups -OCH3 is 1. The summed E-state index contributed by atoms with van der Waals surface area (Å²) in [6.07, 6.45) is 0.643. The molecule has 0 heterocycles. The van der Waals surface area contributed by atoms with Gasteiger partial charge in [0.25, 0.3) is 0 Å². The fraction of sp³-hybridized carbons (Fsp3) is 0.0769. The zero-order valence-electron chi connectivity index (χ0n) is 16.7. The molecule has 0 fully saturated rings. The monoisotopic (exact) mass is 480 g/mol. The van der Waals surface area contributed by atoms with Crippen molar-refractivity contribution in [2.75, 3.05) is 7.11 Å². The summed E-state index contributed by atoms with van der Waals surface area (Å²) < 4.78 is 19.8. The molecule has 0 saturated heterocycles. The van der Waals surface area contributed by atoms with Gasteiger partial charge in [-0.3, -0.25) is 0 Å². The van der Waals surface area contributed by atoms with Gasteiger partial charge in [0.15, 0.2) is 0 Å². The second-order valence-electron chi connectivity index (χ2n) is 7.32. The molecule has 0 aliphatic heterocycles. The van der Waals surface area contributed by atoms with Crippen molar-refractivity contribution in [2.24, 2.45) is 0 Å². The molecule has 4 rings (SSSR count). The normalized spacial score (nSPS) is 12.7. The minimum absolute atomic E-state index is 0.257. The van der Waals surface area contributed by atoms with Crippen LogP contribution in [0.3, 0.4) is 0 Å². The van der Waals surface area contributed by atoms with E-state index in [0.29, 0.717) is 6.16 Å². The van der Waals surface area contributed by atoms with Crippen LogP contribution in [0.4, 0.5) is 4.39 Å². The van der Waals surface area contributed by atoms with Crippen LogP contribution in [0.1, 0.15) is 5.56 Å². The maximum atomic E-state index is 14.6. The van der Waals surface area contributed by atoms with Crippen molar-refractivity contribution in [1.29, 1.82) is 0 Å². The minimum atomic E-state index is -3.13. The fourth-order valence-corrected chi connectivity index (χ4v) is 11.8. The number of halogens is 2. The van der Waals surface area contributed by atoms with Gasteiger partial charge in [0.05, 0.1) is 0 Å². The van der Waals surface area contributed by atoms with E-state index in [1.54, 1.807) is 12.1 Å². The van der Waals surface area contributed by atoms with E-state index in [-0.39, 0.29) is 11.6 Å². The number of hydrogen-bond donors (Lipinski definition) is 0. The number of hydrogen-bond acceptors (Lipinski definition) is 1. The Bertz CT molecular complexity index is 1030. The molecule has 4 aromatic rings. The zero-order valence-corrected chi connectivity index (χ0v) is 19.2. The van der Waals surface area contributed by atoms with Gasteiger partial charge >= 0.3 is 185 Å². The summed E-state index contributed by atoms with van der Waals surface area (Å²) in [5, 5.41) is 0.490. The van der Waals surface area contributed by atoms with Crippen LogP contribution >= 0.6 is 20.8 Å². The van der Waals surface area contributed by atoms with Crippen LogP contribution in [0.15, 0.2) is 109 Å². The Hall–Kier alpha value is -2.48. The van der Waals surface area contributed by atoms with Crippen LogP contribution in [-0.4, -0.2) is 7.11 Å². The van der Waals surface area contributed by atoms with Crippen molar-refractivity contribution >= 4 is 36.7 Å². The van der Waals surface area contributed by atoms with Crippen LogP contribution in [0.25, 0.3) is 0 Å². The molecule has 4 heteroatoms. The maximum absolute atomic E-state index is 14.6. The second-order valence-corrected chi connectivity index (χ2v) is 16.2. The first-order chi connectivity index (χ1) is 14.6. The Labute approximate surface area is 185 Å². The summed E-state index contributed by atoms with van der Waals surface area (Å²) >= 11 is 4.39. The van der Waals surface area contributed by atoms with Crippen LogP contribution in [0.2, 0.25) is 0 Å². The summed E-state index contributed by atoms with van der Waals surface area (Å²) in [6.45, 7) is 0. The second kappa shape index (κ2) is 8.34. The van der Waals surface area contributed by atoms with E-state index in [1.807, 2.05) is 24.3 Å². The molecule has 0 aliphatic carbocycles. The molecule has 0 N–H and O–H groups in total. The Balaban J connectivity index is 2.05. The van der Waals surface area contributed by atoms with Crippen molar-refractivity contribution in [1.82, 2.24) is 0 Å². The van der Waals surface area contributed by atoms with Crippen molar-refractivity contribution in [3.63, 3.8) is 0 Å². The SMILES string of the molecule is COc1ccc(CP(Br)(c2ccccc2)(c2ccccc2)c2ccccc2)cc1F. The van der Waals surface area contributed by atoms with E-state index in [0.717, 1.165) is 5.56 Å². The first-order valence-electron chi connectivity index (χ1n) is 9.78. The molecule has 4 aromatic carbocycles. The number of rotatable bonds is 6. The van der Waals surface area contributed by atoms with Gasteiger partial charge in [-0.25, -0.2) is 0 Å². The quantitative estimate of drug-likeness (QED) is 0.299. The van der Waals surface area contributed by atoms with Gasteiger partial charge in [-0.05, 0) is 0 Å². The predicted octanol–water partition coefficient (Wildman–Crippen LogP) is 6.17. The van der Waals surface area contributed by atoms with Gasteiger partial charge in [-0.15, -0.1) is 0 Å². The third-order valence-corrected chi connectivity index (χ3v) is 15.1. The molecular weight excluding hydrogens is 458 g/mol. The summed E-state index contributed by atoms with van der Waals surface area (Å²) in [5.41, 5.74) is 0.916. The van der Waals surface area contributed by atoms with E-state index in [1.165, 1.54) is 23.0 Å². The molecule has 0 unspecified atom stereocenters. The van der Waals surface area contributed by atoms with Crippen molar-refractivity contribution < 1.29 is 9.13 Å². The molecule has 0 atom stereocenters. The summed E-state index contributed by atoms with van der Waals surface area (Å²) in [5.74, 6) is -0.0884. The van der Waals surface area contributed by atoms with Crippen molar-refractivity contribution in [2.45, 2.75) is 6.16 Å². The fourth-order valence-electron chi connectivity index (χ4n) is 4.09. The molecule has 0 aromatic heterocycles. The Morgan fingerprint density at radius 2 is 1.13 bits per heavy atom. The van der Waals surface area contributed by atoms with Crippen LogP contribution in [0.5, 0.6) is 5.75 Å². The van der Waals surface area contributed by atoms with Gasteiger partial charge in [-0.2, -0.15) is 0 Å². The third-order valence-electron chi connectivity index (χ3n) is 5.58. The van der Waals surface area contributed by atoms with E-state index >= 15 is 0 Å². The van der Waals surface area contributed by atoms with Gasteiger partial charge < -0.3 is 0 Å². The van der Waals surface area contributed by atoms with Crippen LogP contribution in [0, 0.1) is 5.82 Å². The zero-order chi connectivity index (χ0) is 21.1. The molecule has 0 radical (unpaired) electrons. The van der Waals surface area contributed by atoms with E-state index in [2.05, 4.69) is 88.3 Å². The number of ether oxygens (including phenoxy) is 1. The average molecular weight is 481 g/mol.